The first-order chi connectivity index (χ1) is 50.9. The fraction of sp³-hybridized carbons (Fsp3) is 0.275. The summed E-state index contributed by atoms with van der Waals surface area (Å²) in [7, 11) is 2.83. The number of ketones is 3. The molecule has 0 atom stereocenters. The normalized spacial score (nSPS) is 10.1. The second-order valence-corrected chi connectivity index (χ2v) is 24.4. The first kappa shape index (κ1) is 85.9. The number of hydrogen-bond acceptors (Lipinski definition) is 17. The van der Waals surface area contributed by atoms with Gasteiger partial charge in [0.1, 0.15) is 44.8 Å². The van der Waals surface area contributed by atoms with Gasteiger partial charge in [0.25, 0.3) is 11.1 Å². The molecule has 0 unspecified atom stereocenters. The minimum absolute atomic E-state index is 0.00764. The van der Waals surface area contributed by atoms with Gasteiger partial charge in [-0.25, -0.2) is 38.1 Å². The van der Waals surface area contributed by atoms with E-state index in [1.165, 1.54) is 79.5 Å². The van der Waals surface area contributed by atoms with Gasteiger partial charge in [-0.05, 0) is 187 Å². The van der Waals surface area contributed by atoms with Gasteiger partial charge in [-0.15, -0.1) is 0 Å². The highest BCUT2D eigenvalue weighted by Crippen LogP contribution is 2.31. The van der Waals surface area contributed by atoms with Crippen molar-refractivity contribution in [2.45, 2.75) is 133 Å². The van der Waals surface area contributed by atoms with Gasteiger partial charge in [0.2, 0.25) is 29.8 Å². The van der Waals surface area contributed by atoms with Crippen molar-refractivity contribution < 1.29 is 45.8 Å². The van der Waals surface area contributed by atoms with Crippen LogP contribution in [0.4, 0.5) is 22.0 Å². The van der Waals surface area contributed by atoms with Crippen molar-refractivity contribution in [3.63, 3.8) is 0 Å². The Kier molecular flexibility index (Phi) is 33.3. The molecule has 0 radical (unpaired) electrons. The standard InChI is InChI=1S/2C18H18FN3O3.C16H14FN3O3.C10H7FN2.C9H8FN.C9H9N/c1-10(2)14-15(21-18(25-4)22-17(14)24-3)16(23)13-6-11(8-19)5-12(7-13)9-20;1-4-22-15(14(10(2)3)17(24)21-18(22)25)16(23)13-6-11(8-19)5-12(7-13)9-20;1-8(2)12-13(19-16(23)20-15(12)22)14(21)11-4-9(6-17)3-10(5-11)7-18;1-13-7-10-3-8(5-11)2-9(4-10)6-12;1-7-2-8(5-10)4-9(3-7)6-11;1-7-3-8(2)5-9(4-7)6-10/h5-7,10H,8H2,1-4H3;5-7,10H,4,8H2,1-3H3,(H,21,24,25);3-5,8H,6H2,1-2H3,(H2,19,20,22,23);2-4H,5,7H2;2-4H,5H2,1H3;3-5H,1-2H3. The highest BCUT2D eigenvalue weighted by molar-refractivity contribution is 6.10. The number of aromatic nitrogens is 6. The number of alkyl halides is 5. The molecule has 0 amide bonds. The van der Waals surface area contributed by atoms with Gasteiger partial charge >= 0.3 is 17.4 Å². The van der Waals surface area contributed by atoms with Crippen LogP contribution in [-0.4, -0.2) is 61.1 Å². The first-order valence-corrected chi connectivity index (χ1v) is 32.6. The van der Waals surface area contributed by atoms with Gasteiger partial charge in [-0.3, -0.25) is 38.5 Å². The number of benzene rings is 6. The maximum absolute atomic E-state index is 13.0. The van der Waals surface area contributed by atoms with E-state index in [-0.39, 0.29) is 121 Å². The summed E-state index contributed by atoms with van der Waals surface area (Å²) < 4.78 is 74.9. The van der Waals surface area contributed by atoms with Crippen molar-refractivity contribution in [2.75, 3.05) is 14.2 Å². The average Bonchev–Trinajstić information content (AvgIpc) is 0.781. The van der Waals surface area contributed by atoms with E-state index in [9.17, 15) is 55.5 Å². The van der Waals surface area contributed by atoms with Crippen molar-refractivity contribution in [3.05, 3.63) is 296 Å². The third kappa shape index (κ3) is 24.0. The van der Waals surface area contributed by atoms with Crippen LogP contribution < -0.4 is 32.0 Å². The summed E-state index contributed by atoms with van der Waals surface area (Å²) in [6, 6.07) is 39.4. The van der Waals surface area contributed by atoms with E-state index in [1.807, 2.05) is 77.1 Å². The quantitative estimate of drug-likeness (QED) is 0.0408. The van der Waals surface area contributed by atoms with Crippen LogP contribution in [-0.2, 0) is 46.5 Å². The van der Waals surface area contributed by atoms with Crippen LogP contribution in [0.3, 0.4) is 0 Å². The Balaban J connectivity index is 0.000000281. The van der Waals surface area contributed by atoms with Crippen molar-refractivity contribution in [1.82, 2.24) is 29.5 Å². The zero-order valence-corrected chi connectivity index (χ0v) is 60.6. The molecule has 0 aliphatic carbocycles. The van der Waals surface area contributed by atoms with Gasteiger partial charge in [0.05, 0.1) is 89.7 Å². The SMILES string of the molecule is CC(C)c1c(C(=O)c2cc(C#N)cc(CF)c2)[nH]c(=O)[nH]c1=O.CCn1c(C(=O)c2cc(C#N)cc(CF)c2)c(C(C)C)c(=O)[nH]c1=O.COc1nc(OC)c(C(C)C)c(C(=O)c2cc(C#N)cc(CF)c2)n1.Cc1cc(C#N)cc(CF)c1.Cc1cc(C)cc(C#N)c1.[C-]#[N+]Cc1cc(C#N)cc(CF)c1. The number of aryl methyl sites for hydroxylation is 3. The van der Waals surface area contributed by atoms with Crippen LogP contribution in [0.15, 0.2) is 128 Å². The molecule has 548 valence electrons. The van der Waals surface area contributed by atoms with E-state index in [4.69, 9.17) is 47.6 Å². The van der Waals surface area contributed by atoms with E-state index in [1.54, 1.807) is 65.0 Å². The molecule has 107 heavy (non-hydrogen) atoms. The van der Waals surface area contributed by atoms with Gasteiger partial charge in [-0.2, -0.15) is 41.5 Å². The lowest BCUT2D eigenvalue weighted by Crippen LogP contribution is -2.37. The maximum atomic E-state index is 13.0. The lowest BCUT2D eigenvalue weighted by molar-refractivity contribution is 0.102. The Hall–Kier alpha value is -13.6. The summed E-state index contributed by atoms with van der Waals surface area (Å²) in [6.45, 7) is 21.7. The second kappa shape index (κ2) is 41.5. The van der Waals surface area contributed by atoms with Crippen LogP contribution >= 0.6 is 0 Å². The molecular formula is C80H74F5N13O9. The average molecular weight is 1460 g/mol. The highest BCUT2D eigenvalue weighted by atomic mass is 19.1. The van der Waals surface area contributed by atoms with Crippen LogP contribution in [0.25, 0.3) is 4.85 Å². The predicted octanol–water partition coefficient (Wildman–Crippen LogP) is 14.2. The Morgan fingerprint density at radius 3 is 1.24 bits per heavy atom. The number of nitrogens with one attached hydrogen (secondary N) is 3. The maximum Gasteiger partial charge on any atom is 0.328 e. The number of carbonyl (C=O) groups is 3. The molecule has 0 saturated heterocycles. The first-order valence-electron chi connectivity index (χ1n) is 32.6. The zero-order chi connectivity index (χ0) is 79.9. The van der Waals surface area contributed by atoms with Crippen molar-refractivity contribution in [2.24, 2.45) is 0 Å². The smallest absolute Gasteiger partial charge is 0.328 e. The predicted molar refractivity (Wildman–Crippen MR) is 388 cm³/mol. The van der Waals surface area contributed by atoms with Crippen molar-refractivity contribution >= 4 is 17.3 Å². The second-order valence-electron chi connectivity index (χ2n) is 24.4. The molecule has 27 heteroatoms. The fourth-order valence-electron chi connectivity index (χ4n) is 10.7. The number of rotatable bonds is 18. The summed E-state index contributed by atoms with van der Waals surface area (Å²) in [5.74, 6) is -2.14. The van der Waals surface area contributed by atoms with Crippen LogP contribution in [0.2, 0.25) is 0 Å². The van der Waals surface area contributed by atoms with Gasteiger partial charge in [-0.1, -0.05) is 53.7 Å². The van der Waals surface area contributed by atoms with Gasteiger partial charge < -0.3 is 19.3 Å². The number of hydrogen-bond donors (Lipinski definition) is 3. The summed E-state index contributed by atoms with van der Waals surface area (Å²) in [4.78, 5) is 105. The Bertz CT molecular complexity index is 5320. The molecule has 9 rings (SSSR count). The lowest BCUT2D eigenvalue weighted by atomic mass is 9.95. The molecular weight excluding hydrogens is 1380 g/mol. The molecule has 0 bridgehead atoms. The number of carbonyl (C=O) groups excluding carboxylic acids is 3. The van der Waals surface area contributed by atoms with E-state index in [2.05, 4.69) is 41.9 Å². The molecule has 0 saturated carbocycles. The molecule has 0 aliphatic heterocycles. The minimum atomic E-state index is -0.835. The van der Waals surface area contributed by atoms with Crippen molar-refractivity contribution in [1.29, 1.82) is 31.6 Å². The fourth-order valence-corrected chi connectivity index (χ4v) is 10.7. The summed E-state index contributed by atoms with van der Waals surface area (Å²) in [5.41, 5.74) is 6.06. The number of aromatic amines is 3. The number of H-pyrrole nitrogens is 3. The van der Waals surface area contributed by atoms with E-state index in [0.29, 0.717) is 33.4 Å². The molecule has 3 aromatic heterocycles. The number of ether oxygens (including phenoxy) is 2. The van der Waals surface area contributed by atoms with Crippen LogP contribution in [0, 0.1) is 95.3 Å². The largest absolute Gasteiger partial charge is 0.481 e. The molecule has 0 aliphatic rings. The number of halogens is 5. The van der Waals surface area contributed by atoms with Gasteiger partial charge in [0.15, 0.2) is 0 Å². The molecule has 22 nitrogen and oxygen atoms in total. The van der Waals surface area contributed by atoms with Crippen LogP contribution in [0.1, 0.15) is 215 Å². The van der Waals surface area contributed by atoms with Crippen molar-refractivity contribution in [3.8, 4) is 48.3 Å². The Labute approximate surface area is 613 Å². The van der Waals surface area contributed by atoms with E-state index in [0.717, 1.165) is 22.3 Å². The molecule has 3 N–H and O–H groups in total. The topological polar surface area (TPSA) is 363 Å². The molecule has 0 spiro atoms. The minimum Gasteiger partial charge on any atom is -0.481 e. The summed E-state index contributed by atoms with van der Waals surface area (Å²) >= 11 is 0. The number of nitriles is 6. The molecule has 9 aromatic rings. The summed E-state index contributed by atoms with van der Waals surface area (Å²) in [6.07, 6.45) is 0. The zero-order valence-electron chi connectivity index (χ0n) is 60.6. The van der Waals surface area contributed by atoms with Crippen LogP contribution in [0.5, 0.6) is 11.9 Å². The third-order valence-corrected chi connectivity index (χ3v) is 15.2. The van der Waals surface area contributed by atoms with E-state index >= 15 is 0 Å². The molecule has 0 fully saturated rings. The number of methoxy groups -OCH3 is 2. The summed E-state index contributed by atoms with van der Waals surface area (Å²) in [5, 5.41) is 52.8. The molecule has 3 heterocycles. The molecule has 6 aromatic carbocycles. The Morgan fingerprint density at radius 1 is 0.467 bits per heavy atom. The monoisotopic (exact) mass is 1460 g/mol. The highest BCUT2D eigenvalue weighted by Gasteiger charge is 2.27. The van der Waals surface area contributed by atoms with E-state index < -0.39 is 73.2 Å². The number of nitrogens with zero attached hydrogens (tertiary/aromatic N) is 10. The Morgan fingerprint density at radius 2 is 0.841 bits per heavy atom. The third-order valence-electron chi connectivity index (χ3n) is 15.2. The van der Waals surface area contributed by atoms with Gasteiger partial charge in [0, 0.05) is 45.5 Å². The lowest BCUT2D eigenvalue weighted by Gasteiger charge is -2.16.